The maximum Gasteiger partial charge on any atom is 0.280 e. The van der Waals surface area contributed by atoms with E-state index < -0.39 is 42.8 Å². The fraction of sp³-hybridized carbons (Fsp3) is 0.545. The Morgan fingerprint density at radius 2 is 2.09 bits per heavy atom. The average Bonchev–Trinajstić information content (AvgIpc) is 3.01. The molecule has 22 heavy (non-hydrogen) atoms. The van der Waals surface area contributed by atoms with E-state index in [9.17, 15) is 25.2 Å². The van der Waals surface area contributed by atoms with E-state index in [0.717, 1.165) is 0 Å². The standard InChI is InChI=1S/C11H15N5O6/c12-10-14-7-4(8(21)15-10)13-3-16(7)9-5(19)6(20)11(1-17,2-18)22-9/h3,5-6,9,17-20H,1-2H2,(H3,12,14,15,21). The number of hydrogen-bond donors (Lipinski definition) is 6. The van der Waals surface area contributed by atoms with Crippen LogP contribution in [0, 0.1) is 0 Å². The molecular weight excluding hydrogens is 298 g/mol. The second-order valence-electron chi connectivity index (χ2n) is 5.10. The number of rotatable bonds is 3. The van der Waals surface area contributed by atoms with Gasteiger partial charge in [-0.2, -0.15) is 4.98 Å². The van der Waals surface area contributed by atoms with Crippen LogP contribution in [0.3, 0.4) is 0 Å². The third-order valence-electron chi connectivity index (χ3n) is 3.77. The molecule has 1 aliphatic heterocycles. The van der Waals surface area contributed by atoms with Crippen LogP contribution in [0.5, 0.6) is 0 Å². The number of nitrogens with two attached hydrogens (primary N) is 1. The Morgan fingerprint density at radius 1 is 1.41 bits per heavy atom. The first kappa shape index (κ1) is 14.9. The van der Waals surface area contributed by atoms with Gasteiger partial charge in [0.25, 0.3) is 5.56 Å². The fourth-order valence-corrected chi connectivity index (χ4v) is 2.51. The molecular formula is C11H15N5O6. The van der Waals surface area contributed by atoms with Crippen LogP contribution in [-0.2, 0) is 4.74 Å². The minimum atomic E-state index is -1.73. The maximum atomic E-state index is 11.7. The van der Waals surface area contributed by atoms with Gasteiger partial charge in [-0.3, -0.25) is 14.3 Å². The topological polar surface area (TPSA) is 180 Å². The number of fused-ring (bicyclic) bond motifs is 1. The lowest BCUT2D eigenvalue weighted by Crippen LogP contribution is -2.49. The highest BCUT2D eigenvalue weighted by Gasteiger charge is 2.54. The molecule has 0 aliphatic carbocycles. The number of hydrogen-bond acceptors (Lipinski definition) is 9. The number of nitrogen functional groups attached to an aromatic ring is 1. The zero-order valence-corrected chi connectivity index (χ0v) is 11.2. The zero-order chi connectivity index (χ0) is 16.1. The predicted molar refractivity (Wildman–Crippen MR) is 71.6 cm³/mol. The van der Waals surface area contributed by atoms with Crippen LogP contribution in [0.25, 0.3) is 11.2 Å². The minimum absolute atomic E-state index is 0.0232. The highest BCUT2D eigenvalue weighted by atomic mass is 16.6. The summed E-state index contributed by atoms with van der Waals surface area (Å²) in [5, 5.41) is 38.9. The van der Waals surface area contributed by atoms with E-state index in [-0.39, 0.29) is 17.1 Å². The lowest BCUT2D eigenvalue weighted by molar-refractivity contribution is -0.149. The van der Waals surface area contributed by atoms with Gasteiger partial charge in [-0.05, 0) is 0 Å². The van der Waals surface area contributed by atoms with E-state index in [2.05, 4.69) is 15.0 Å². The predicted octanol–water partition coefficient (Wildman–Crippen LogP) is -3.32. The summed E-state index contributed by atoms with van der Waals surface area (Å²) in [7, 11) is 0. The fourth-order valence-electron chi connectivity index (χ4n) is 2.51. The van der Waals surface area contributed by atoms with Gasteiger partial charge in [-0.15, -0.1) is 0 Å². The number of anilines is 1. The molecule has 1 saturated heterocycles. The van der Waals surface area contributed by atoms with Crippen molar-refractivity contribution in [2.24, 2.45) is 0 Å². The number of aromatic amines is 1. The van der Waals surface area contributed by atoms with Crippen molar-refractivity contribution < 1.29 is 25.2 Å². The molecule has 0 saturated carbocycles. The van der Waals surface area contributed by atoms with Gasteiger partial charge in [0, 0.05) is 0 Å². The summed E-state index contributed by atoms with van der Waals surface area (Å²) in [6.07, 6.45) is -3.02. The quantitative estimate of drug-likeness (QED) is 0.338. The Kier molecular flexibility index (Phi) is 3.38. The molecule has 2 aromatic heterocycles. The van der Waals surface area contributed by atoms with Crippen LogP contribution in [0.2, 0.25) is 0 Å². The van der Waals surface area contributed by atoms with Crippen molar-refractivity contribution in [3.63, 3.8) is 0 Å². The van der Waals surface area contributed by atoms with Crippen LogP contribution in [0.1, 0.15) is 6.23 Å². The Bertz CT molecular complexity index is 753. The SMILES string of the molecule is Nc1nc2c(ncn2C2OC(CO)(CO)C(O)C2O)c(=O)[nH]1. The molecule has 1 aliphatic rings. The Morgan fingerprint density at radius 3 is 2.68 bits per heavy atom. The third kappa shape index (κ3) is 1.91. The first-order valence-corrected chi connectivity index (χ1v) is 6.41. The molecule has 0 aromatic carbocycles. The van der Waals surface area contributed by atoms with Crippen molar-refractivity contribution in [1.29, 1.82) is 0 Å². The lowest BCUT2D eigenvalue weighted by atomic mass is 9.97. The van der Waals surface area contributed by atoms with Gasteiger partial charge in [0.1, 0.15) is 17.8 Å². The van der Waals surface area contributed by atoms with Gasteiger partial charge in [0.15, 0.2) is 17.4 Å². The highest BCUT2D eigenvalue weighted by Crippen LogP contribution is 2.37. The number of nitrogens with one attached hydrogen (secondary N) is 1. The van der Waals surface area contributed by atoms with Gasteiger partial charge in [0.05, 0.1) is 19.5 Å². The second-order valence-corrected chi connectivity index (χ2v) is 5.10. The zero-order valence-electron chi connectivity index (χ0n) is 11.2. The van der Waals surface area contributed by atoms with E-state index in [4.69, 9.17) is 10.5 Å². The summed E-state index contributed by atoms with van der Waals surface area (Å²) in [4.78, 5) is 21.8. The van der Waals surface area contributed by atoms with Crippen LogP contribution in [-0.4, -0.2) is 71.0 Å². The molecule has 2 aromatic rings. The summed E-state index contributed by atoms with van der Waals surface area (Å²) in [6.45, 7) is -1.41. The minimum Gasteiger partial charge on any atom is -0.393 e. The number of aliphatic hydroxyl groups excluding tert-OH is 4. The number of aromatic nitrogens is 4. The van der Waals surface area contributed by atoms with E-state index in [1.165, 1.54) is 10.9 Å². The van der Waals surface area contributed by atoms with Crippen LogP contribution in [0.4, 0.5) is 5.95 Å². The normalized spacial score (nSPS) is 27.5. The van der Waals surface area contributed by atoms with Crippen molar-refractivity contribution >= 4 is 17.1 Å². The Balaban J connectivity index is 2.11. The van der Waals surface area contributed by atoms with Gasteiger partial charge in [0.2, 0.25) is 5.95 Å². The molecule has 3 rings (SSSR count). The largest absolute Gasteiger partial charge is 0.393 e. The van der Waals surface area contributed by atoms with Gasteiger partial charge in [-0.1, -0.05) is 0 Å². The summed E-state index contributed by atoms with van der Waals surface area (Å²) in [6, 6.07) is 0. The van der Waals surface area contributed by atoms with Crippen LogP contribution >= 0.6 is 0 Å². The molecule has 1 fully saturated rings. The summed E-state index contributed by atoms with van der Waals surface area (Å²) in [5.41, 5.74) is 3.21. The Hall–Kier alpha value is -2.05. The summed E-state index contributed by atoms with van der Waals surface area (Å²) in [5.74, 6) is -0.150. The second kappa shape index (κ2) is 5.00. The molecule has 0 bridgehead atoms. The van der Waals surface area contributed by atoms with E-state index in [1.54, 1.807) is 0 Å². The summed E-state index contributed by atoms with van der Waals surface area (Å²) >= 11 is 0. The molecule has 0 radical (unpaired) electrons. The third-order valence-corrected chi connectivity index (χ3v) is 3.77. The van der Waals surface area contributed by atoms with Crippen molar-refractivity contribution in [1.82, 2.24) is 19.5 Å². The van der Waals surface area contributed by atoms with Gasteiger partial charge >= 0.3 is 0 Å². The molecule has 3 atom stereocenters. The first-order valence-electron chi connectivity index (χ1n) is 6.41. The van der Waals surface area contributed by atoms with E-state index >= 15 is 0 Å². The van der Waals surface area contributed by atoms with Crippen molar-refractivity contribution in [3.8, 4) is 0 Å². The number of imidazole rings is 1. The smallest absolute Gasteiger partial charge is 0.280 e. The highest BCUT2D eigenvalue weighted by molar-refractivity contribution is 5.70. The van der Waals surface area contributed by atoms with Crippen LogP contribution in [0.15, 0.2) is 11.1 Å². The molecule has 11 nitrogen and oxygen atoms in total. The van der Waals surface area contributed by atoms with Gasteiger partial charge < -0.3 is 30.9 Å². The average molecular weight is 313 g/mol. The molecule has 7 N–H and O–H groups in total. The number of aliphatic hydroxyl groups is 4. The lowest BCUT2D eigenvalue weighted by Gasteiger charge is -2.27. The molecule has 3 unspecified atom stereocenters. The molecule has 0 spiro atoms. The number of ether oxygens (including phenoxy) is 1. The molecule has 11 heteroatoms. The van der Waals surface area contributed by atoms with Crippen LogP contribution < -0.4 is 11.3 Å². The molecule has 0 amide bonds. The monoisotopic (exact) mass is 313 g/mol. The van der Waals surface area contributed by atoms with Crippen molar-refractivity contribution in [2.75, 3.05) is 18.9 Å². The van der Waals surface area contributed by atoms with E-state index in [1.807, 2.05) is 0 Å². The maximum absolute atomic E-state index is 11.7. The van der Waals surface area contributed by atoms with E-state index in [0.29, 0.717) is 0 Å². The molecule has 120 valence electrons. The number of nitrogens with zero attached hydrogens (tertiary/aromatic N) is 3. The summed E-state index contributed by atoms with van der Waals surface area (Å²) < 4.78 is 6.64. The molecule has 3 heterocycles. The van der Waals surface area contributed by atoms with Crippen molar-refractivity contribution in [2.45, 2.75) is 24.0 Å². The first-order chi connectivity index (χ1) is 10.4. The number of H-pyrrole nitrogens is 1. The van der Waals surface area contributed by atoms with Crippen molar-refractivity contribution in [3.05, 3.63) is 16.7 Å². The van der Waals surface area contributed by atoms with Gasteiger partial charge in [-0.25, -0.2) is 4.98 Å². The Labute approximate surface area is 122 Å².